The minimum atomic E-state index is 0.247. The fraction of sp³-hybridized carbons (Fsp3) is 0.333. The van der Waals surface area contributed by atoms with E-state index in [4.69, 9.17) is 0 Å². The van der Waals surface area contributed by atoms with Crippen LogP contribution >= 0.6 is 0 Å². The van der Waals surface area contributed by atoms with E-state index in [1.807, 2.05) is 18.2 Å². The van der Waals surface area contributed by atoms with E-state index in [1.54, 1.807) is 0 Å². The summed E-state index contributed by atoms with van der Waals surface area (Å²) in [4.78, 5) is 2.46. The Hall–Kier alpha value is -2.30. The highest BCUT2D eigenvalue weighted by Gasteiger charge is 2.16. The van der Waals surface area contributed by atoms with E-state index in [9.17, 15) is 0 Å². The Balaban J connectivity index is 2.22. The second-order valence-electron chi connectivity index (χ2n) is 6.64. The second-order valence-corrected chi connectivity index (χ2v) is 6.64. The van der Waals surface area contributed by atoms with Crippen LogP contribution in [0.4, 0.5) is 0 Å². The van der Waals surface area contributed by atoms with Gasteiger partial charge in [-0.3, -0.25) is 4.90 Å². The van der Waals surface area contributed by atoms with Crippen molar-refractivity contribution in [2.24, 2.45) is 0 Å². The second kappa shape index (κ2) is 10.5. The number of nitrogens with zero attached hydrogens (tertiary/aromatic N) is 1. The maximum Gasteiger partial charge on any atom is 0.0724 e. The number of hydrogen-bond donors (Lipinski definition) is 0. The summed E-state index contributed by atoms with van der Waals surface area (Å²) in [5, 5.41) is 0. The minimum Gasteiger partial charge on any atom is -0.282 e. The molecule has 0 unspecified atom stereocenters. The van der Waals surface area contributed by atoms with Crippen LogP contribution in [0.2, 0.25) is 0 Å². The van der Waals surface area contributed by atoms with Gasteiger partial charge in [0.25, 0.3) is 0 Å². The number of rotatable bonds is 8. The zero-order valence-electron chi connectivity index (χ0n) is 15.5. The summed E-state index contributed by atoms with van der Waals surface area (Å²) in [5.74, 6) is 6.90. The molecule has 25 heavy (non-hydrogen) atoms. The molecule has 0 radical (unpaired) electrons. The van der Waals surface area contributed by atoms with Crippen LogP contribution in [-0.4, -0.2) is 17.5 Å². The Morgan fingerprint density at radius 2 is 1.68 bits per heavy atom. The van der Waals surface area contributed by atoms with E-state index >= 15 is 0 Å². The molecule has 2 aromatic carbocycles. The molecule has 0 aliphatic carbocycles. The first-order chi connectivity index (χ1) is 12.2. The molecule has 130 valence electrons. The van der Waals surface area contributed by atoms with Crippen molar-refractivity contribution in [2.75, 3.05) is 6.54 Å². The fourth-order valence-electron chi connectivity index (χ4n) is 2.87. The van der Waals surface area contributed by atoms with Crippen LogP contribution < -0.4 is 0 Å². The topological polar surface area (TPSA) is 3.24 Å². The van der Waals surface area contributed by atoms with E-state index in [0.29, 0.717) is 0 Å². The van der Waals surface area contributed by atoms with E-state index in [2.05, 4.69) is 79.6 Å². The first kappa shape index (κ1) is 19.0. The average molecular weight is 332 g/mol. The highest BCUT2D eigenvalue weighted by Crippen LogP contribution is 2.15. The molecule has 0 amide bonds. The Labute approximate surface area is 153 Å². The van der Waals surface area contributed by atoms with Gasteiger partial charge in [-0.2, -0.15) is 0 Å². The molecule has 0 saturated heterocycles. The van der Waals surface area contributed by atoms with E-state index in [-0.39, 0.29) is 6.04 Å². The van der Waals surface area contributed by atoms with Gasteiger partial charge in [-0.15, -0.1) is 0 Å². The van der Waals surface area contributed by atoms with Gasteiger partial charge in [0.05, 0.1) is 6.04 Å². The summed E-state index contributed by atoms with van der Waals surface area (Å²) in [5.41, 5.74) is 3.59. The van der Waals surface area contributed by atoms with Gasteiger partial charge in [-0.1, -0.05) is 92.3 Å². The van der Waals surface area contributed by atoms with Crippen LogP contribution in [0.5, 0.6) is 0 Å². The van der Waals surface area contributed by atoms with Crippen molar-refractivity contribution >= 4 is 0 Å². The molecule has 0 N–H and O–H groups in total. The van der Waals surface area contributed by atoms with Gasteiger partial charge in [-0.05, 0) is 31.0 Å². The lowest BCUT2D eigenvalue weighted by Gasteiger charge is -2.28. The van der Waals surface area contributed by atoms with E-state index in [1.165, 1.54) is 24.0 Å². The summed E-state index contributed by atoms with van der Waals surface area (Å²) < 4.78 is 0. The van der Waals surface area contributed by atoms with Crippen LogP contribution in [-0.2, 0) is 6.54 Å². The zero-order valence-corrected chi connectivity index (χ0v) is 15.5. The van der Waals surface area contributed by atoms with Crippen LogP contribution in [0, 0.1) is 11.8 Å². The number of benzene rings is 2. The first-order valence-corrected chi connectivity index (χ1v) is 9.18. The minimum absolute atomic E-state index is 0.247. The molecule has 1 atom stereocenters. The third kappa shape index (κ3) is 6.99. The molecule has 1 nitrogen and oxygen atoms in total. The first-order valence-electron chi connectivity index (χ1n) is 9.18. The maximum atomic E-state index is 4.13. The predicted octanol–water partition coefficient (Wildman–Crippen LogP) is 5.68. The molecule has 0 aromatic heterocycles. The summed E-state index contributed by atoms with van der Waals surface area (Å²) in [6.07, 6.45) is 3.47. The molecule has 0 aliphatic heterocycles. The predicted molar refractivity (Wildman–Crippen MR) is 108 cm³/mol. The molecule has 0 aliphatic rings. The van der Waals surface area contributed by atoms with Crippen molar-refractivity contribution in [3.63, 3.8) is 0 Å². The Morgan fingerprint density at radius 1 is 1.04 bits per heavy atom. The lowest BCUT2D eigenvalue weighted by atomic mass is 10.1. The van der Waals surface area contributed by atoms with Crippen LogP contribution in [0.15, 0.2) is 72.8 Å². The maximum absolute atomic E-state index is 4.13. The quantitative estimate of drug-likeness (QED) is 0.444. The normalized spacial score (nSPS) is 11.6. The van der Waals surface area contributed by atoms with Crippen molar-refractivity contribution in [1.82, 2.24) is 4.90 Å². The number of unbranched alkanes of at least 4 members (excludes halogenated alkanes) is 1. The lowest BCUT2D eigenvalue weighted by molar-refractivity contribution is 0.233. The average Bonchev–Trinajstić information content (AvgIpc) is 2.63. The lowest BCUT2D eigenvalue weighted by Crippen LogP contribution is -2.35. The van der Waals surface area contributed by atoms with Crippen LogP contribution in [0.1, 0.15) is 44.2 Å². The number of hydrogen-bond acceptors (Lipinski definition) is 1. The summed E-state index contributed by atoms with van der Waals surface area (Å²) >= 11 is 0. The molecular weight excluding hydrogens is 302 g/mol. The highest BCUT2D eigenvalue weighted by molar-refractivity contribution is 5.35. The van der Waals surface area contributed by atoms with Crippen molar-refractivity contribution < 1.29 is 0 Å². The molecule has 2 aromatic rings. The fourth-order valence-corrected chi connectivity index (χ4v) is 2.87. The Bertz CT molecular complexity index is 691. The molecule has 1 heteroatoms. The molecule has 0 spiro atoms. The van der Waals surface area contributed by atoms with Gasteiger partial charge in [-0.25, -0.2) is 0 Å². The van der Waals surface area contributed by atoms with Crippen molar-refractivity contribution in [1.29, 1.82) is 0 Å². The van der Waals surface area contributed by atoms with Crippen LogP contribution in [0.25, 0.3) is 0 Å². The molecule has 0 fully saturated rings. The smallest absolute Gasteiger partial charge is 0.0724 e. The van der Waals surface area contributed by atoms with Gasteiger partial charge in [0, 0.05) is 18.7 Å². The van der Waals surface area contributed by atoms with Gasteiger partial charge in [0.1, 0.15) is 0 Å². The molecule has 0 saturated carbocycles. The Morgan fingerprint density at radius 3 is 2.28 bits per heavy atom. The van der Waals surface area contributed by atoms with Crippen molar-refractivity contribution in [3.05, 3.63) is 83.9 Å². The van der Waals surface area contributed by atoms with E-state index in [0.717, 1.165) is 25.1 Å². The summed E-state index contributed by atoms with van der Waals surface area (Å²) in [6.45, 7) is 10.3. The molecular formula is C24H29N. The SMILES string of the molecule is C=C(C)CN(Cc1ccccc1)[C@H](C#Cc1ccccc1)CCCC. The van der Waals surface area contributed by atoms with Crippen molar-refractivity contribution in [2.45, 2.75) is 45.7 Å². The third-order valence-electron chi connectivity index (χ3n) is 4.13. The Kier molecular flexibility index (Phi) is 8.02. The largest absolute Gasteiger partial charge is 0.282 e. The third-order valence-corrected chi connectivity index (χ3v) is 4.13. The van der Waals surface area contributed by atoms with Gasteiger partial charge < -0.3 is 0 Å². The van der Waals surface area contributed by atoms with Crippen LogP contribution in [0.3, 0.4) is 0 Å². The van der Waals surface area contributed by atoms with Crippen molar-refractivity contribution in [3.8, 4) is 11.8 Å². The van der Waals surface area contributed by atoms with Gasteiger partial charge >= 0.3 is 0 Å². The highest BCUT2D eigenvalue weighted by atomic mass is 15.1. The molecule has 0 heterocycles. The van der Waals surface area contributed by atoms with E-state index < -0.39 is 0 Å². The summed E-state index contributed by atoms with van der Waals surface area (Å²) in [6, 6.07) is 21.2. The zero-order chi connectivity index (χ0) is 17.9. The van der Waals surface area contributed by atoms with Gasteiger partial charge in [0.2, 0.25) is 0 Å². The molecule has 2 rings (SSSR count). The monoisotopic (exact) mass is 331 g/mol. The molecule has 0 bridgehead atoms. The summed E-state index contributed by atoms with van der Waals surface area (Å²) in [7, 11) is 0. The van der Waals surface area contributed by atoms with Gasteiger partial charge in [0.15, 0.2) is 0 Å². The standard InChI is InChI=1S/C24H29N/c1-4-5-16-24(18-17-22-12-8-6-9-13-22)25(19-21(2)3)20-23-14-10-7-11-15-23/h6-15,24H,2,4-5,16,19-20H2,1,3H3/t24-/m0/s1.